The molecule has 0 spiro atoms. The Bertz CT molecular complexity index is 481. The standard InChI is InChI=1S/C15H23NO3.CH3NO2/c1-12(10-17)16(15(2,3)4)14(18)19-11-13-8-6-5-7-9-13;2-1(3)4/h5-9,12,17H,10-11H2,1-4H3;2H2,(H,3,4)/t12-;/m0./s1. The van der Waals surface area contributed by atoms with E-state index in [2.05, 4.69) is 5.73 Å². The van der Waals surface area contributed by atoms with Gasteiger partial charge in [0.2, 0.25) is 0 Å². The number of aliphatic hydroxyl groups excluding tert-OH is 1. The number of carbonyl (C=O) groups is 2. The quantitative estimate of drug-likeness (QED) is 0.786. The highest BCUT2D eigenvalue weighted by atomic mass is 16.6. The zero-order valence-electron chi connectivity index (χ0n) is 14.0. The van der Waals surface area contributed by atoms with Gasteiger partial charge in [0.1, 0.15) is 6.61 Å². The molecule has 7 nitrogen and oxygen atoms in total. The number of carboxylic acid groups (broad SMARTS) is 1. The smallest absolute Gasteiger partial charge is 0.410 e. The summed E-state index contributed by atoms with van der Waals surface area (Å²) in [5.41, 5.74) is 4.58. The number of ether oxygens (including phenoxy) is 1. The molecule has 0 unspecified atom stereocenters. The molecule has 7 heteroatoms. The fourth-order valence-electron chi connectivity index (χ4n) is 1.99. The molecule has 23 heavy (non-hydrogen) atoms. The van der Waals surface area contributed by atoms with Crippen LogP contribution in [0.3, 0.4) is 0 Å². The van der Waals surface area contributed by atoms with Gasteiger partial charge in [-0.05, 0) is 33.3 Å². The summed E-state index contributed by atoms with van der Waals surface area (Å²) in [7, 11) is 0. The number of nitrogens with two attached hydrogens (primary N) is 1. The second kappa shape index (κ2) is 9.68. The molecule has 0 aromatic heterocycles. The third kappa shape index (κ3) is 8.67. The molecule has 0 aliphatic heterocycles. The van der Waals surface area contributed by atoms with Crippen LogP contribution in [0.1, 0.15) is 33.3 Å². The van der Waals surface area contributed by atoms with Crippen LogP contribution in [-0.2, 0) is 11.3 Å². The number of rotatable bonds is 4. The summed E-state index contributed by atoms with van der Waals surface area (Å²) in [6.45, 7) is 7.71. The van der Waals surface area contributed by atoms with Crippen LogP contribution in [0.25, 0.3) is 0 Å². The van der Waals surface area contributed by atoms with Gasteiger partial charge in [0.05, 0.1) is 12.6 Å². The Morgan fingerprint density at radius 2 is 1.74 bits per heavy atom. The monoisotopic (exact) mass is 326 g/mol. The fraction of sp³-hybridized carbons (Fsp3) is 0.500. The summed E-state index contributed by atoms with van der Waals surface area (Å²) in [6, 6.07) is 9.26. The molecule has 1 aromatic carbocycles. The Kier molecular flexibility index (Phi) is 8.72. The van der Waals surface area contributed by atoms with E-state index in [9.17, 15) is 9.90 Å². The van der Waals surface area contributed by atoms with Crippen molar-refractivity contribution in [3.05, 3.63) is 35.9 Å². The van der Waals surface area contributed by atoms with E-state index in [4.69, 9.17) is 14.6 Å². The maximum Gasteiger partial charge on any atom is 0.410 e. The summed E-state index contributed by atoms with van der Waals surface area (Å²) in [6.07, 6.45) is -1.74. The molecule has 4 N–H and O–H groups in total. The molecule has 0 radical (unpaired) electrons. The number of aliphatic hydroxyl groups is 1. The lowest BCUT2D eigenvalue weighted by Crippen LogP contribution is -2.52. The first-order chi connectivity index (χ1) is 10.6. The maximum atomic E-state index is 12.2. The van der Waals surface area contributed by atoms with Crippen molar-refractivity contribution < 1.29 is 24.5 Å². The molecule has 0 aliphatic carbocycles. The third-order valence-electron chi connectivity index (χ3n) is 2.83. The van der Waals surface area contributed by atoms with Gasteiger partial charge in [-0.2, -0.15) is 0 Å². The lowest BCUT2D eigenvalue weighted by Gasteiger charge is -2.38. The summed E-state index contributed by atoms with van der Waals surface area (Å²) < 4.78 is 5.32. The van der Waals surface area contributed by atoms with E-state index in [1.165, 1.54) is 0 Å². The van der Waals surface area contributed by atoms with Gasteiger partial charge in [-0.3, -0.25) is 4.90 Å². The number of carbonyl (C=O) groups excluding carboxylic acids is 1. The van der Waals surface area contributed by atoms with Crippen molar-refractivity contribution >= 4 is 12.2 Å². The average Bonchev–Trinajstić information content (AvgIpc) is 2.44. The average molecular weight is 326 g/mol. The predicted octanol–water partition coefficient (Wildman–Crippen LogP) is 2.43. The fourth-order valence-corrected chi connectivity index (χ4v) is 1.99. The van der Waals surface area contributed by atoms with E-state index in [-0.39, 0.29) is 19.3 Å². The summed E-state index contributed by atoms with van der Waals surface area (Å²) in [4.78, 5) is 22.5. The highest BCUT2D eigenvalue weighted by Crippen LogP contribution is 2.19. The minimum absolute atomic E-state index is 0.0856. The SMILES string of the molecule is C[C@@H](CO)N(C(=O)OCc1ccccc1)C(C)(C)C.NC(=O)O. The van der Waals surface area contributed by atoms with Gasteiger partial charge in [0.15, 0.2) is 0 Å². The van der Waals surface area contributed by atoms with Crippen LogP contribution >= 0.6 is 0 Å². The van der Waals surface area contributed by atoms with Gasteiger partial charge in [-0.15, -0.1) is 0 Å². The van der Waals surface area contributed by atoms with Crippen LogP contribution in [-0.4, -0.2) is 45.5 Å². The lowest BCUT2D eigenvalue weighted by atomic mass is 10.0. The zero-order chi connectivity index (χ0) is 18.0. The van der Waals surface area contributed by atoms with Gasteiger partial charge in [0.25, 0.3) is 0 Å². The minimum atomic E-state index is -1.33. The molecule has 1 aromatic rings. The zero-order valence-corrected chi connectivity index (χ0v) is 14.0. The lowest BCUT2D eigenvalue weighted by molar-refractivity contribution is 0.0282. The van der Waals surface area contributed by atoms with E-state index in [0.717, 1.165) is 5.56 Å². The first-order valence-corrected chi connectivity index (χ1v) is 7.18. The largest absolute Gasteiger partial charge is 0.465 e. The van der Waals surface area contributed by atoms with Gasteiger partial charge in [0, 0.05) is 5.54 Å². The van der Waals surface area contributed by atoms with Crippen LogP contribution in [0.5, 0.6) is 0 Å². The second-order valence-electron chi connectivity index (χ2n) is 5.95. The van der Waals surface area contributed by atoms with Crippen molar-refractivity contribution in [2.24, 2.45) is 5.73 Å². The first kappa shape index (κ1) is 20.7. The van der Waals surface area contributed by atoms with Crippen molar-refractivity contribution in [2.75, 3.05) is 6.61 Å². The van der Waals surface area contributed by atoms with Crippen LogP contribution in [0.15, 0.2) is 30.3 Å². The molecule has 0 fully saturated rings. The van der Waals surface area contributed by atoms with E-state index in [1.807, 2.05) is 51.1 Å². The Labute approximate surface area is 136 Å². The molecule has 130 valence electrons. The Hall–Kier alpha value is -2.28. The highest BCUT2D eigenvalue weighted by Gasteiger charge is 2.31. The van der Waals surface area contributed by atoms with E-state index < -0.39 is 17.7 Å². The maximum absolute atomic E-state index is 12.2. The molecule has 0 heterocycles. The number of primary amides is 1. The molecule has 2 amide bonds. The van der Waals surface area contributed by atoms with Crippen LogP contribution in [0.4, 0.5) is 9.59 Å². The molecule has 1 rings (SSSR count). The van der Waals surface area contributed by atoms with Crippen LogP contribution in [0, 0.1) is 0 Å². The van der Waals surface area contributed by atoms with Crippen LogP contribution in [0.2, 0.25) is 0 Å². The van der Waals surface area contributed by atoms with Gasteiger partial charge in [-0.1, -0.05) is 30.3 Å². The Balaban J connectivity index is 0.00000108. The minimum Gasteiger partial charge on any atom is -0.465 e. The number of nitrogens with zero attached hydrogens (tertiary/aromatic N) is 1. The number of hydrogen-bond acceptors (Lipinski definition) is 4. The van der Waals surface area contributed by atoms with Crippen molar-refractivity contribution in [1.29, 1.82) is 0 Å². The Morgan fingerprint density at radius 3 is 2.13 bits per heavy atom. The summed E-state index contributed by atoms with van der Waals surface area (Å²) in [5, 5.41) is 16.4. The number of benzene rings is 1. The topological polar surface area (TPSA) is 113 Å². The van der Waals surface area contributed by atoms with Crippen molar-refractivity contribution in [1.82, 2.24) is 4.90 Å². The predicted molar refractivity (Wildman–Crippen MR) is 87.0 cm³/mol. The molecule has 0 saturated carbocycles. The van der Waals surface area contributed by atoms with Crippen molar-refractivity contribution in [3.63, 3.8) is 0 Å². The van der Waals surface area contributed by atoms with Gasteiger partial charge < -0.3 is 20.7 Å². The molecule has 0 bridgehead atoms. The normalized spacial score (nSPS) is 11.7. The molecule has 0 aliphatic rings. The van der Waals surface area contributed by atoms with Crippen molar-refractivity contribution in [3.8, 4) is 0 Å². The first-order valence-electron chi connectivity index (χ1n) is 7.18. The highest BCUT2D eigenvalue weighted by molar-refractivity contribution is 5.69. The van der Waals surface area contributed by atoms with E-state index >= 15 is 0 Å². The molecular weight excluding hydrogens is 300 g/mol. The summed E-state index contributed by atoms with van der Waals surface area (Å²) in [5.74, 6) is 0. The molecule has 1 atom stereocenters. The van der Waals surface area contributed by atoms with E-state index in [1.54, 1.807) is 11.8 Å². The van der Waals surface area contributed by atoms with Gasteiger partial charge in [-0.25, -0.2) is 9.59 Å². The third-order valence-corrected chi connectivity index (χ3v) is 2.83. The van der Waals surface area contributed by atoms with Crippen molar-refractivity contribution in [2.45, 2.75) is 45.9 Å². The second-order valence-corrected chi connectivity index (χ2v) is 5.95. The summed E-state index contributed by atoms with van der Waals surface area (Å²) >= 11 is 0. The molecular formula is C16H26N2O5. The molecule has 0 saturated heterocycles. The van der Waals surface area contributed by atoms with Crippen LogP contribution < -0.4 is 5.73 Å². The van der Waals surface area contributed by atoms with E-state index in [0.29, 0.717) is 0 Å². The Morgan fingerprint density at radius 1 is 1.26 bits per heavy atom. The number of hydrogen-bond donors (Lipinski definition) is 3. The van der Waals surface area contributed by atoms with Gasteiger partial charge >= 0.3 is 12.2 Å². The number of amides is 2.